The van der Waals surface area contributed by atoms with Gasteiger partial charge in [0.15, 0.2) is 0 Å². The molecule has 1 saturated heterocycles. The summed E-state index contributed by atoms with van der Waals surface area (Å²) < 4.78 is 0. The van der Waals surface area contributed by atoms with Gasteiger partial charge in [0.1, 0.15) is 12.5 Å². The largest absolute Gasteiger partial charge is 0.378 e. The summed E-state index contributed by atoms with van der Waals surface area (Å²) in [5, 5.41) is 18.3. The van der Waals surface area contributed by atoms with Crippen molar-refractivity contribution in [2.45, 2.75) is 32.2 Å². The second-order valence-electron chi connectivity index (χ2n) is 2.37. The molecule has 0 aliphatic carbocycles. The van der Waals surface area contributed by atoms with Gasteiger partial charge in [-0.15, -0.1) is 0 Å². The van der Waals surface area contributed by atoms with E-state index in [0.29, 0.717) is 12.8 Å². The first-order chi connectivity index (χ1) is 4.25. The quantitative estimate of drug-likeness (QED) is 0.515. The van der Waals surface area contributed by atoms with Crippen LogP contribution in [0.15, 0.2) is 0 Å². The van der Waals surface area contributed by atoms with Crippen LogP contribution < -0.4 is 0 Å². The van der Waals surface area contributed by atoms with Crippen LogP contribution in [0.2, 0.25) is 0 Å². The predicted octanol–water partition coefficient (Wildman–Crippen LogP) is -0.261. The molecular weight excluding hydrogens is 118 g/mol. The lowest BCUT2D eigenvalue weighted by molar-refractivity contribution is -0.0491. The molecule has 0 bridgehead atoms. The minimum absolute atomic E-state index is 0.412. The molecule has 1 fully saturated rings. The maximum atomic E-state index is 9.13. The van der Waals surface area contributed by atoms with Crippen LogP contribution in [0.1, 0.15) is 19.8 Å². The fourth-order valence-corrected chi connectivity index (χ4v) is 1.25. The van der Waals surface area contributed by atoms with Crippen molar-refractivity contribution < 1.29 is 10.2 Å². The number of rotatable bonds is 1. The molecule has 2 N–H and O–H groups in total. The predicted molar refractivity (Wildman–Crippen MR) is 33.6 cm³/mol. The first kappa shape index (κ1) is 6.99. The average Bonchev–Trinajstić information content (AvgIpc) is 2.12. The van der Waals surface area contributed by atoms with Crippen molar-refractivity contribution in [1.29, 1.82) is 0 Å². The lowest BCUT2D eigenvalue weighted by atomic mass is 10.3. The normalized spacial score (nSPS) is 37.7. The lowest BCUT2D eigenvalue weighted by Gasteiger charge is -2.20. The SMILES string of the molecule is CCN1[C@H](O)CC[C@@H]1O. The molecule has 1 rings (SSSR count). The van der Waals surface area contributed by atoms with Crippen LogP contribution in [0.5, 0.6) is 0 Å². The fraction of sp³-hybridized carbons (Fsp3) is 1.00. The second kappa shape index (κ2) is 2.64. The van der Waals surface area contributed by atoms with Crippen LogP contribution in [0, 0.1) is 0 Å². The van der Waals surface area contributed by atoms with E-state index in [0.717, 1.165) is 6.54 Å². The highest BCUT2D eigenvalue weighted by molar-refractivity contribution is 4.72. The van der Waals surface area contributed by atoms with Crippen LogP contribution in [0.3, 0.4) is 0 Å². The maximum Gasteiger partial charge on any atom is 0.109 e. The molecule has 3 nitrogen and oxygen atoms in total. The molecule has 2 atom stereocenters. The van der Waals surface area contributed by atoms with Crippen molar-refractivity contribution in [1.82, 2.24) is 4.90 Å². The topological polar surface area (TPSA) is 43.7 Å². The van der Waals surface area contributed by atoms with Crippen molar-refractivity contribution in [3.63, 3.8) is 0 Å². The van der Waals surface area contributed by atoms with Crippen LogP contribution in [0.25, 0.3) is 0 Å². The minimum Gasteiger partial charge on any atom is -0.378 e. The van der Waals surface area contributed by atoms with E-state index in [9.17, 15) is 0 Å². The Labute approximate surface area is 54.9 Å². The molecule has 0 spiro atoms. The van der Waals surface area contributed by atoms with Gasteiger partial charge in [0.25, 0.3) is 0 Å². The summed E-state index contributed by atoms with van der Waals surface area (Å²) in [6.45, 7) is 2.65. The van der Waals surface area contributed by atoms with Crippen LogP contribution in [0.4, 0.5) is 0 Å². The summed E-state index contributed by atoms with van der Waals surface area (Å²) in [5.74, 6) is 0. The van der Waals surface area contributed by atoms with Gasteiger partial charge < -0.3 is 10.2 Å². The number of hydrogen-bond donors (Lipinski definition) is 2. The molecule has 0 aromatic carbocycles. The second-order valence-corrected chi connectivity index (χ2v) is 2.37. The summed E-state index contributed by atoms with van der Waals surface area (Å²) in [7, 11) is 0. The molecular formula is C6H13NO2. The van der Waals surface area contributed by atoms with Crippen molar-refractivity contribution in [2.24, 2.45) is 0 Å². The molecule has 0 aromatic rings. The average molecular weight is 131 g/mol. The summed E-state index contributed by atoms with van der Waals surface area (Å²) in [6.07, 6.45) is 0.583. The van der Waals surface area contributed by atoms with E-state index >= 15 is 0 Å². The van der Waals surface area contributed by atoms with Crippen molar-refractivity contribution >= 4 is 0 Å². The maximum absolute atomic E-state index is 9.13. The van der Waals surface area contributed by atoms with Crippen molar-refractivity contribution in [3.8, 4) is 0 Å². The smallest absolute Gasteiger partial charge is 0.109 e. The van der Waals surface area contributed by atoms with Crippen LogP contribution in [-0.4, -0.2) is 34.1 Å². The molecule has 0 aromatic heterocycles. The highest BCUT2D eigenvalue weighted by Gasteiger charge is 2.28. The highest BCUT2D eigenvalue weighted by Crippen LogP contribution is 2.18. The molecule has 1 aliphatic heterocycles. The molecule has 1 aliphatic rings. The zero-order chi connectivity index (χ0) is 6.85. The van der Waals surface area contributed by atoms with Crippen LogP contribution >= 0.6 is 0 Å². The Morgan fingerprint density at radius 3 is 2.00 bits per heavy atom. The fourth-order valence-electron chi connectivity index (χ4n) is 1.25. The van der Waals surface area contributed by atoms with Gasteiger partial charge in [-0.25, -0.2) is 0 Å². The standard InChI is InChI=1S/C6H13NO2/c1-2-7-5(8)3-4-6(7)9/h5-6,8-9H,2-4H2,1H3/t5-,6+. The van der Waals surface area contributed by atoms with E-state index in [1.54, 1.807) is 4.90 Å². The van der Waals surface area contributed by atoms with Gasteiger partial charge in [-0.2, -0.15) is 0 Å². The molecule has 0 saturated carbocycles. The van der Waals surface area contributed by atoms with E-state index in [4.69, 9.17) is 10.2 Å². The van der Waals surface area contributed by atoms with E-state index in [1.165, 1.54) is 0 Å². The summed E-state index contributed by atoms with van der Waals surface area (Å²) in [4.78, 5) is 1.68. The summed E-state index contributed by atoms with van der Waals surface area (Å²) >= 11 is 0. The van der Waals surface area contributed by atoms with Crippen molar-refractivity contribution in [2.75, 3.05) is 6.54 Å². The van der Waals surface area contributed by atoms with E-state index in [-0.39, 0.29) is 0 Å². The monoisotopic (exact) mass is 131 g/mol. The third kappa shape index (κ3) is 1.23. The van der Waals surface area contributed by atoms with E-state index < -0.39 is 12.5 Å². The highest BCUT2D eigenvalue weighted by atomic mass is 16.3. The molecule has 0 unspecified atom stereocenters. The Balaban J connectivity index is 2.44. The Morgan fingerprint density at radius 2 is 1.78 bits per heavy atom. The molecule has 0 amide bonds. The van der Waals surface area contributed by atoms with Gasteiger partial charge in [0.2, 0.25) is 0 Å². The first-order valence-corrected chi connectivity index (χ1v) is 3.37. The van der Waals surface area contributed by atoms with Crippen LogP contribution in [-0.2, 0) is 0 Å². The van der Waals surface area contributed by atoms with Gasteiger partial charge in [0.05, 0.1) is 0 Å². The Morgan fingerprint density at radius 1 is 1.33 bits per heavy atom. The zero-order valence-corrected chi connectivity index (χ0v) is 5.62. The summed E-state index contributed by atoms with van der Waals surface area (Å²) in [5.41, 5.74) is 0. The van der Waals surface area contributed by atoms with E-state index in [1.807, 2.05) is 6.92 Å². The number of aliphatic hydroxyl groups is 2. The number of likely N-dealkylation sites (tertiary alicyclic amines) is 1. The summed E-state index contributed by atoms with van der Waals surface area (Å²) in [6, 6.07) is 0. The lowest BCUT2D eigenvalue weighted by Crippen LogP contribution is -2.35. The third-order valence-corrected chi connectivity index (χ3v) is 1.81. The van der Waals surface area contributed by atoms with Gasteiger partial charge in [-0.3, -0.25) is 4.90 Å². The van der Waals surface area contributed by atoms with E-state index in [2.05, 4.69) is 0 Å². The molecule has 3 heteroatoms. The van der Waals surface area contributed by atoms with Gasteiger partial charge in [-0.05, 0) is 12.8 Å². The molecule has 9 heavy (non-hydrogen) atoms. The Kier molecular flexibility index (Phi) is 2.05. The first-order valence-electron chi connectivity index (χ1n) is 3.37. The third-order valence-electron chi connectivity index (χ3n) is 1.81. The van der Waals surface area contributed by atoms with Gasteiger partial charge in [0, 0.05) is 6.54 Å². The number of nitrogens with zero attached hydrogens (tertiary/aromatic N) is 1. The Hall–Kier alpha value is -0.120. The number of aliphatic hydroxyl groups excluding tert-OH is 2. The number of hydrogen-bond acceptors (Lipinski definition) is 3. The van der Waals surface area contributed by atoms with Gasteiger partial charge in [-0.1, -0.05) is 6.92 Å². The molecule has 1 heterocycles. The van der Waals surface area contributed by atoms with Gasteiger partial charge >= 0.3 is 0 Å². The molecule has 0 radical (unpaired) electrons. The zero-order valence-electron chi connectivity index (χ0n) is 5.62. The Bertz CT molecular complexity index is 87.1. The van der Waals surface area contributed by atoms with Crippen molar-refractivity contribution in [3.05, 3.63) is 0 Å². The molecule has 54 valence electrons. The minimum atomic E-state index is -0.412.